The molecule has 0 aliphatic carbocycles. The van der Waals surface area contributed by atoms with Crippen molar-refractivity contribution in [3.05, 3.63) is 29.3 Å². The number of nitrogens with zero attached hydrogens (tertiary/aromatic N) is 1. The zero-order valence-corrected chi connectivity index (χ0v) is 11.3. The first kappa shape index (κ1) is 12.4. The van der Waals surface area contributed by atoms with Crippen LogP contribution in [0.2, 0.25) is 0 Å². The van der Waals surface area contributed by atoms with E-state index in [0.29, 0.717) is 6.04 Å². The standard InChI is InChI=1S/C15H24N2/c1-4-16-14-6-5-9-17(11-14)15-10-12(2)7-8-13(15)3/h7-8,10,14,16H,4-6,9,11H2,1-3H3. The number of nitrogens with one attached hydrogen (secondary N) is 1. The molecule has 2 nitrogen and oxygen atoms in total. The summed E-state index contributed by atoms with van der Waals surface area (Å²) in [5, 5.41) is 3.58. The third-order valence-electron chi connectivity index (χ3n) is 3.62. The summed E-state index contributed by atoms with van der Waals surface area (Å²) in [5.74, 6) is 0. The zero-order chi connectivity index (χ0) is 12.3. The molecule has 0 amide bonds. The molecule has 2 heteroatoms. The lowest BCUT2D eigenvalue weighted by Crippen LogP contribution is -2.45. The van der Waals surface area contributed by atoms with Gasteiger partial charge in [-0.3, -0.25) is 0 Å². The normalized spacial score (nSPS) is 20.6. The van der Waals surface area contributed by atoms with Gasteiger partial charge in [-0.1, -0.05) is 19.1 Å². The van der Waals surface area contributed by atoms with E-state index in [4.69, 9.17) is 0 Å². The van der Waals surface area contributed by atoms with Crippen LogP contribution in [0.3, 0.4) is 0 Å². The Balaban J connectivity index is 2.13. The van der Waals surface area contributed by atoms with Crippen LogP contribution >= 0.6 is 0 Å². The summed E-state index contributed by atoms with van der Waals surface area (Å²) in [4.78, 5) is 2.54. The Morgan fingerprint density at radius 3 is 2.94 bits per heavy atom. The fourth-order valence-corrected chi connectivity index (χ4v) is 2.71. The Morgan fingerprint density at radius 1 is 1.35 bits per heavy atom. The van der Waals surface area contributed by atoms with Crippen LogP contribution in [-0.4, -0.2) is 25.7 Å². The third-order valence-corrected chi connectivity index (χ3v) is 3.62. The molecular weight excluding hydrogens is 208 g/mol. The molecule has 1 aromatic rings. The van der Waals surface area contributed by atoms with Crippen LogP contribution < -0.4 is 10.2 Å². The van der Waals surface area contributed by atoms with Crippen molar-refractivity contribution >= 4 is 5.69 Å². The van der Waals surface area contributed by atoms with Gasteiger partial charge in [-0.05, 0) is 50.4 Å². The summed E-state index contributed by atoms with van der Waals surface area (Å²) < 4.78 is 0. The molecule has 1 aliphatic rings. The van der Waals surface area contributed by atoms with Crippen molar-refractivity contribution in [1.29, 1.82) is 0 Å². The fraction of sp³-hybridized carbons (Fsp3) is 0.600. The molecule has 0 spiro atoms. The minimum Gasteiger partial charge on any atom is -0.370 e. The minimum atomic E-state index is 0.661. The van der Waals surface area contributed by atoms with Crippen molar-refractivity contribution in [2.24, 2.45) is 0 Å². The Kier molecular flexibility index (Phi) is 4.06. The van der Waals surface area contributed by atoms with E-state index < -0.39 is 0 Å². The first-order valence-corrected chi connectivity index (χ1v) is 6.76. The number of aryl methyl sites for hydroxylation is 2. The maximum atomic E-state index is 3.58. The Labute approximate surface area is 105 Å². The molecule has 0 bridgehead atoms. The molecule has 0 aromatic heterocycles. The lowest BCUT2D eigenvalue weighted by Gasteiger charge is -2.35. The minimum absolute atomic E-state index is 0.661. The van der Waals surface area contributed by atoms with E-state index in [1.165, 1.54) is 36.2 Å². The molecule has 1 aliphatic heterocycles. The van der Waals surface area contributed by atoms with Crippen LogP contribution in [0.4, 0.5) is 5.69 Å². The van der Waals surface area contributed by atoms with Crippen molar-refractivity contribution in [3.63, 3.8) is 0 Å². The molecule has 0 radical (unpaired) electrons. The second-order valence-corrected chi connectivity index (χ2v) is 5.13. The maximum Gasteiger partial charge on any atom is 0.0399 e. The predicted octanol–water partition coefficient (Wildman–Crippen LogP) is 2.88. The third kappa shape index (κ3) is 3.01. The Bertz CT molecular complexity index is 371. The second-order valence-electron chi connectivity index (χ2n) is 5.13. The van der Waals surface area contributed by atoms with Crippen molar-refractivity contribution in [3.8, 4) is 0 Å². The topological polar surface area (TPSA) is 15.3 Å². The van der Waals surface area contributed by atoms with Gasteiger partial charge in [0.05, 0.1) is 0 Å². The van der Waals surface area contributed by atoms with Crippen molar-refractivity contribution in [1.82, 2.24) is 5.32 Å². The van der Waals surface area contributed by atoms with Crippen molar-refractivity contribution < 1.29 is 0 Å². The smallest absolute Gasteiger partial charge is 0.0399 e. The van der Waals surface area contributed by atoms with Gasteiger partial charge < -0.3 is 10.2 Å². The number of hydrogen-bond acceptors (Lipinski definition) is 2. The number of hydrogen-bond donors (Lipinski definition) is 1. The quantitative estimate of drug-likeness (QED) is 0.862. The number of anilines is 1. The average molecular weight is 232 g/mol. The largest absolute Gasteiger partial charge is 0.370 e. The lowest BCUT2D eigenvalue weighted by molar-refractivity contribution is 0.431. The summed E-state index contributed by atoms with van der Waals surface area (Å²) in [7, 11) is 0. The van der Waals surface area contributed by atoms with Gasteiger partial charge in [0.25, 0.3) is 0 Å². The van der Waals surface area contributed by atoms with Gasteiger partial charge in [0, 0.05) is 24.8 Å². The van der Waals surface area contributed by atoms with E-state index >= 15 is 0 Å². The summed E-state index contributed by atoms with van der Waals surface area (Å²) in [6.07, 6.45) is 2.61. The summed E-state index contributed by atoms with van der Waals surface area (Å²) in [6, 6.07) is 7.42. The molecule has 1 N–H and O–H groups in total. The van der Waals surface area contributed by atoms with Gasteiger partial charge in [0.15, 0.2) is 0 Å². The van der Waals surface area contributed by atoms with E-state index in [1.807, 2.05) is 0 Å². The monoisotopic (exact) mass is 232 g/mol. The summed E-state index contributed by atoms with van der Waals surface area (Å²) in [5.41, 5.74) is 4.18. The Morgan fingerprint density at radius 2 is 2.18 bits per heavy atom. The number of benzene rings is 1. The molecule has 2 rings (SSSR count). The average Bonchev–Trinajstić information content (AvgIpc) is 2.33. The van der Waals surface area contributed by atoms with E-state index in [-0.39, 0.29) is 0 Å². The first-order valence-electron chi connectivity index (χ1n) is 6.76. The number of piperidine rings is 1. The Hall–Kier alpha value is -1.02. The molecule has 17 heavy (non-hydrogen) atoms. The first-order chi connectivity index (χ1) is 8.20. The van der Waals surface area contributed by atoms with E-state index in [2.05, 4.69) is 49.2 Å². The SMILES string of the molecule is CCNC1CCCN(c2cc(C)ccc2C)C1. The second kappa shape index (κ2) is 5.54. The lowest BCUT2D eigenvalue weighted by atomic mass is 10.0. The van der Waals surface area contributed by atoms with Crippen LogP contribution in [0, 0.1) is 13.8 Å². The van der Waals surface area contributed by atoms with Crippen molar-refractivity contribution in [2.75, 3.05) is 24.5 Å². The molecule has 0 saturated carbocycles. The molecule has 1 atom stereocenters. The number of likely N-dealkylation sites (N-methyl/N-ethyl adjacent to an activating group) is 1. The fourth-order valence-electron chi connectivity index (χ4n) is 2.71. The maximum absolute atomic E-state index is 3.58. The van der Waals surface area contributed by atoms with Gasteiger partial charge in [-0.15, -0.1) is 0 Å². The molecule has 1 heterocycles. The van der Waals surface area contributed by atoms with Gasteiger partial charge in [-0.25, -0.2) is 0 Å². The highest BCUT2D eigenvalue weighted by Gasteiger charge is 2.20. The van der Waals surface area contributed by atoms with Gasteiger partial charge >= 0.3 is 0 Å². The summed E-state index contributed by atoms with van der Waals surface area (Å²) >= 11 is 0. The summed E-state index contributed by atoms with van der Waals surface area (Å²) in [6.45, 7) is 10.0. The number of rotatable bonds is 3. The van der Waals surface area contributed by atoms with E-state index in [0.717, 1.165) is 13.1 Å². The molecule has 1 saturated heterocycles. The van der Waals surface area contributed by atoms with Crippen LogP contribution in [0.25, 0.3) is 0 Å². The van der Waals surface area contributed by atoms with Gasteiger partial charge in [0.1, 0.15) is 0 Å². The van der Waals surface area contributed by atoms with Crippen LogP contribution in [0.5, 0.6) is 0 Å². The van der Waals surface area contributed by atoms with Crippen LogP contribution in [0.1, 0.15) is 30.9 Å². The highest BCUT2D eigenvalue weighted by Crippen LogP contribution is 2.24. The predicted molar refractivity (Wildman–Crippen MR) is 74.8 cm³/mol. The van der Waals surface area contributed by atoms with Crippen LogP contribution in [-0.2, 0) is 0 Å². The molecule has 1 unspecified atom stereocenters. The van der Waals surface area contributed by atoms with Crippen LogP contribution in [0.15, 0.2) is 18.2 Å². The van der Waals surface area contributed by atoms with E-state index in [9.17, 15) is 0 Å². The molecule has 1 aromatic carbocycles. The molecule has 1 fully saturated rings. The molecular formula is C15H24N2. The van der Waals surface area contributed by atoms with E-state index in [1.54, 1.807) is 0 Å². The highest BCUT2D eigenvalue weighted by molar-refractivity contribution is 5.55. The van der Waals surface area contributed by atoms with Gasteiger partial charge in [-0.2, -0.15) is 0 Å². The molecule has 94 valence electrons. The zero-order valence-electron chi connectivity index (χ0n) is 11.3. The van der Waals surface area contributed by atoms with Gasteiger partial charge in [0.2, 0.25) is 0 Å². The van der Waals surface area contributed by atoms with Crippen molar-refractivity contribution in [2.45, 2.75) is 39.7 Å². The highest BCUT2D eigenvalue weighted by atomic mass is 15.2.